The number of hydrogen-bond donors (Lipinski definition) is 2. The number of benzene rings is 1. The van der Waals surface area contributed by atoms with Gasteiger partial charge in [0.25, 0.3) is 0 Å². The molecule has 2 saturated heterocycles. The third-order valence-electron chi connectivity index (χ3n) is 4.76. The number of phenols is 1. The summed E-state index contributed by atoms with van der Waals surface area (Å²) in [4.78, 5) is 2.45. The SMILES string of the molecule is N#Cc1cccc([C@@H](C2CCOCC2)N2CCNCC2)c1O. The fraction of sp³-hybridized carbons (Fsp3) is 0.588. The van der Waals surface area contributed by atoms with Crippen LogP contribution in [0.5, 0.6) is 5.75 Å². The fourth-order valence-electron chi connectivity index (χ4n) is 3.63. The number of rotatable bonds is 3. The van der Waals surface area contributed by atoms with Gasteiger partial charge in [-0.2, -0.15) is 5.26 Å². The Kier molecular flexibility index (Phi) is 4.94. The summed E-state index contributed by atoms with van der Waals surface area (Å²) in [5.74, 6) is 0.617. The van der Waals surface area contributed by atoms with E-state index >= 15 is 0 Å². The molecule has 0 spiro atoms. The average Bonchev–Trinajstić information content (AvgIpc) is 2.59. The zero-order chi connectivity index (χ0) is 15.4. The average molecular weight is 301 g/mol. The minimum absolute atomic E-state index is 0.153. The standard InChI is InChI=1S/C17H23N3O2/c18-12-14-2-1-3-15(17(14)21)16(13-4-10-22-11-5-13)20-8-6-19-7-9-20/h1-3,13,16,19,21H,4-11H2/t16-/m1/s1. The highest BCUT2D eigenvalue weighted by Gasteiger charge is 2.33. The van der Waals surface area contributed by atoms with Crippen LogP contribution in [0, 0.1) is 17.2 Å². The summed E-state index contributed by atoms with van der Waals surface area (Å²) in [6.45, 7) is 5.45. The Bertz CT molecular complexity index is 525. The Morgan fingerprint density at radius 3 is 2.68 bits per heavy atom. The van der Waals surface area contributed by atoms with Crippen LogP contribution in [0.2, 0.25) is 0 Å². The molecule has 5 nitrogen and oxygen atoms in total. The molecule has 2 fully saturated rings. The number of phenolic OH excluding ortho intramolecular Hbond substituents is 1. The maximum atomic E-state index is 10.5. The van der Waals surface area contributed by atoms with E-state index in [0.717, 1.165) is 57.8 Å². The van der Waals surface area contributed by atoms with Gasteiger partial charge in [-0.3, -0.25) is 4.90 Å². The highest BCUT2D eigenvalue weighted by Crippen LogP contribution is 2.40. The maximum absolute atomic E-state index is 10.5. The van der Waals surface area contributed by atoms with Crippen LogP contribution >= 0.6 is 0 Å². The number of nitrogens with one attached hydrogen (secondary N) is 1. The van der Waals surface area contributed by atoms with E-state index in [1.165, 1.54) is 0 Å². The van der Waals surface area contributed by atoms with Crippen molar-refractivity contribution in [3.63, 3.8) is 0 Å². The minimum atomic E-state index is 0.153. The van der Waals surface area contributed by atoms with Crippen LogP contribution in [0.3, 0.4) is 0 Å². The van der Waals surface area contributed by atoms with Gasteiger partial charge >= 0.3 is 0 Å². The molecule has 2 N–H and O–H groups in total. The number of piperazine rings is 1. The molecule has 5 heteroatoms. The van der Waals surface area contributed by atoms with Gasteiger partial charge in [0.05, 0.1) is 5.56 Å². The van der Waals surface area contributed by atoms with E-state index in [-0.39, 0.29) is 11.8 Å². The van der Waals surface area contributed by atoms with Crippen molar-refractivity contribution in [3.8, 4) is 11.8 Å². The van der Waals surface area contributed by atoms with Gasteiger partial charge in [-0.05, 0) is 24.8 Å². The zero-order valence-electron chi connectivity index (χ0n) is 12.8. The van der Waals surface area contributed by atoms with Gasteiger partial charge in [-0.1, -0.05) is 12.1 Å². The summed E-state index contributed by atoms with van der Waals surface area (Å²) in [5, 5.41) is 23.1. The number of ether oxygens (including phenoxy) is 1. The number of nitriles is 1. The van der Waals surface area contributed by atoms with Gasteiger partial charge in [0.2, 0.25) is 0 Å². The van der Waals surface area contributed by atoms with Crippen LogP contribution in [-0.4, -0.2) is 49.4 Å². The second kappa shape index (κ2) is 7.10. The van der Waals surface area contributed by atoms with Crippen LogP contribution in [0.1, 0.15) is 30.0 Å². The summed E-state index contributed by atoms with van der Waals surface area (Å²) < 4.78 is 5.50. The zero-order valence-corrected chi connectivity index (χ0v) is 12.8. The van der Waals surface area contributed by atoms with Gasteiger partial charge in [-0.15, -0.1) is 0 Å². The van der Waals surface area contributed by atoms with E-state index in [9.17, 15) is 10.4 Å². The quantitative estimate of drug-likeness (QED) is 0.888. The lowest BCUT2D eigenvalue weighted by Crippen LogP contribution is -2.47. The first-order chi connectivity index (χ1) is 10.8. The monoisotopic (exact) mass is 301 g/mol. The molecule has 1 atom stereocenters. The van der Waals surface area contributed by atoms with Crippen LogP contribution in [0.25, 0.3) is 0 Å². The van der Waals surface area contributed by atoms with Crippen LogP contribution in [0.4, 0.5) is 0 Å². The van der Waals surface area contributed by atoms with Gasteiger partial charge in [0, 0.05) is 51.0 Å². The molecule has 3 rings (SSSR count). The molecule has 0 aromatic heterocycles. The summed E-state index contributed by atoms with van der Waals surface area (Å²) in [6, 6.07) is 7.78. The molecule has 0 aliphatic carbocycles. The Morgan fingerprint density at radius 2 is 2.00 bits per heavy atom. The normalized spacial score (nSPS) is 22.1. The molecule has 2 aliphatic heterocycles. The first-order valence-electron chi connectivity index (χ1n) is 8.05. The van der Waals surface area contributed by atoms with Gasteiger partial charge in [0.1, 0.15) is 11.8 Å². The lowest BCUT2D eigenvalue weighted by molar-refractivity contribution is 0.0206. The van der Waals surface area contributed by atoms with Crippen molar-refractivity contribution >= 4 is 0 Å². The molecule has 2 heterocycles. The molecule has 1 aromatic carbocycles. The Balaban J connectivity index is 1.95. The predicted octanol–water partition coefficient (Wildman–Crippen LogP) is 1.64. The van der Waals surface area contributed by atoms with E-state index in [4.69, 9.17) is 4.74 Å². The Hall–Kier alpha value is -1.61. The summed E-state index contributed by atoms with van der Waals surface area (Å²) in [5.41, 5.74) is 1.26. The lowest BCUT2D eigenvalue weighted by Gasteiger charge is -2.41. The molecule has 0 radical (unpaired) electrons. The van der Waals surface area contributed by atoms with Gasteiger partial charge in [-0.25, -0.2) is 0 Å². The Morgan fingerprint density at radius 1 is 1.27 bits per heavy atom. The largest absolute Gasteiger partial charge is 0.506 e. The van der Waals surface area contributed by atoms with Gasteiger partial charge < -0.3 is 15.2 Å². The van der Waals surface area contributed by atoms with Crippen LogP contribution in [0.15, 0.2) is 18.2 Å². The van der Waals surface area contributed by atoms with Crippen molar-refractivity contribution < 1.29 is 9.84 Å². The van der Waals surface area contributed by atoms with E-state index in [0.29, 0.717) is 11.5 Å². The van der Waals surface area contributed by atoms with Crippen molar-refractivity contribution in [2.24, 2.45) is 5.92 Å². The van der Waals surface area contributed by atoms with Crippen molar-refractivity contribution in [3.05, 3.63) is 29.3 Å². The number of nitrogens with zero attached hydrogens (tertiary/aromatic N) is 2. The van der Waals surface area contributed by atoms with E-state index < -0.39 is 0 Å². The predicted molar refractivity (Wildman–Crippen MR) is 83.5 cm³/mol. The first kappa shape index (κ1) is 15.3. The molecule has 1 aromatic rings. The van der Waals surface area contributed by atoms with E-state index in [1.54, 1.807) is 6.07 Å². The molecule has 22 heavy (non-hydrogen) atoms. The number of aromatic hydroxyl groups is 1. The Labute approximate surface area is 131 Å². The highest BCUT2D eigenvalue weighted by molar-refractivity contribution is 5.49. The lowest BCUT2D eigenvalue weighted by atomic mass is 9.84. The number of para-hydroxylation sites is 1. The second-order valence-corrected chi connectivity index (χ2v) is 6.04. The molecule has 0 unspecified atom stereocenters. The molecule has 0 amide bonds. The smallest absolute Gasteiger partial charge is 0.138 e. The summed E-state index contributed by atoms with van der Waals surface area (Å²) in [6.07, 6.45) is 2.01. The van der Waals surface area contributed by atoms with Gasteiger partial charge in [0.15, 0.2) is 0 Å². The molecular formula is C17H23N3O2. The van der Waals surface area contributed by atoms with Crippen LogP contribution < -0.4 is 5.32 Å². The molecule has 2 aliphatic rings. The number of hydrogen-bond acceptors (Lipinski definition) is 5. The molecule has 118 valence electrons. The third-order valence-corrected chi connectivity index (χ3v) is 4.76. The highest BCUT2D eigenvalue weighted by atomic mass is 16.5. The van der Waals surface area contributed by atoms with Crippen molar-refractivity contribution in [2.45, 2.75) is 18.9 Å². The fourth-order valence-corrected chi connectivity index (χ4v) is 3.63. The first-order valence-corrected chi connectivity index (χ1v) is 8.05. The molecule has 0 bridgehead atoms. The van der Waals surface area contributed by atoms with E-state index in [1.807, 2.05) is 12.1 Å². The van der Waals surface area contributed by atoms with Crippen LogP contribution in [-0.2, 0) is 4.74 Å². The minimum Gasteiger partial charge on any atom is -0.506 e. The molecule has 0 saturated carbocycles. The van der Waals surface area contributed by atoms with E-state index in [2.05, 4.69) is 16.3 Å². The van der Waals surface area contributed by atoms with Crippen molar-refractivity contribution in [1.29, 1.82) is 5.26 Å². The maximum Gasteiger partial charge on any atom is 0.138 e. The third kappa shape index (κ3) is 3.09. The van der Waals surface area contributed by atoms with Crippen molar-refractivity contribution in [2.75, 3.05) is 39.4 Å². The second-order valence-electron chi connectivity index (χ2n) is 6.04. The summed E-state index contributed by atoms with van der Waals surface area (Å²) >= 11 is 0. The van der Waals surface area contributed by atoms with Crippen molar-refractivity contribution in [1.82, 2.24) is 10.2 Å². The topological polar surface area (TPSA) is 68.5 Å². The molecular weight excluding hydrogens is 278 g/mol. The summed E-state index contributed by atoms with van der Waals surface area (Å²) in [7, 11) is 0.